The molecule has 3 nitrogen and oxygen atoms in total. The van der Waals surface area contributed by atoms with Crippen molar-refractivity contribution in [1.82, 2.24) is 14.8 Å². The summed E-state index contributed by atoms with van der Waals surface area (Å²) in [4.78, 5) is 0. The van der Waals surface area contributed by atoms with E-state index in [0.29, 0.717) is 22.7 Å². The summed E-state index contributed by atoms with van der Waals surface area (Å²) in [6.45, 7) is 11.5. The van der Waals surface area contributed by atoms with Crippen molar-refractivity contribution >= 4 is 11.6 Å². The van der Waals surface area contributed by atoms with Gasteiger partial charge in [0.1, 0.15) is 5.82 Å². The van der Waals surface area contributed by atoms with E-state index >= 15 is 0 Å². The van der Waals surface area contributed by atoms with Gasteiger partial charge < -0.3 is 0 Å². The topological polar surface area (TPSA) is 30.7 Å². The van der Waals surface area contributed by atoms with Crippen LogP contribution in [0.3, 0.4) is 0 Å². The summed E-state index contributed by atoms with van der Waals surface area (Å²) in [7, 11) is 0. The molecule has 0 aromatic carbocycles. The van der Waals surface area contributed by atoms with Crippen LogP contribution in [-0.4, -0.2) is 14.8 Å². The molecule has 2 saturated carbocycles. The van der Waals surface area contributed by atoms with Gasteiger partial charge in [-0.1, -0.05) is 34.6 Å². The maximum atomic E-state index is 6.38. The average molecular weight is 282 g/mol. The van der Waals surface area contributed by atoms with Crippen molar-refractivity contribution in [3.8, 4) is 0 Å². The van der Waals surface area contributed by atoms with Gasteiger partial charge in [-0.25, -0.2) is 0 Å². The fraction of sp³-hybridized carbons (Fsp3) is 0.867. The first-order valence-corrected chi connectivity index (χ1v) is 7.75. The maximum Gasteiger partial charge on any atom is 0.225 e. The van der Waals surface area contributed by atoms with Crippen LogP contribution in [0.2, 0.25) is 5.28 Å². The Bertz CT molecular complexity index is 501. The number of nitrogens with zero attached hydrogens (tertiary/aromatic N) is 3. The number of hydrogen-bond donors (Lipinski definition) is 0. The molecule has 0 amide bonds. The van der Waals surface area contributed by atoms with Crippen LogP contribution in [-0.2, 0) is 0 Å². The molecule has 2 fully saturated rings. The van der Waals surface area contributed by atoms with Crippen molar-refractivity contribution in [3.05, 3.63) is 11.1 Å². The third-order valence-corrected chi connectivity index (χ3v) is 5.91. The van der Waals surface area contributed by atoms with Crippen molar-refractivity contribution < 1.29 is 0 Å². The molecule has 3 rings (SSSR count). The van der Waals surface area contributed by atoms with Gasteiger partial charge in [-0.05, 0) is 47.6 Å². The van der Waals surface area contributed by atoms with Crippen LogP contribution >= 0.6 is 11.6 Å². The van der Waals surface area contributed by atoms with Gasteiger partial charge >= 0.3 is 0 Å². The number of rotatable bonds is 2. The Morgan fingerprint density at radius 2 is 1.95 bits per heavy atom. The van der Waals surface area contributed by atoms with E-state index in [4.69, 9.17) is 11.6 Å². The molecule has 1 aromatic heterocycles. The van der Waals surface area contributed by atoms with E-state index in [1.165, 1.54) is 19.3 Å². The predicted octanol–water partition coefficient (Wildman–Crippen LogP) is 4.44. The highest BCUT2D eigenvalue weighted by Crippen LogP contribution is 2.68. The second kappa shape index (κ2) is 3.97. The Labute approximate surface area is 120 Å². The summed E-state index contributed by atoms with van der Waals surface area (Å²) in [5.41, 5.74) is 0.631. The van der Waals surface area contributed by atoms with Crippen LogP contribution < -0.4 is 0 Å². The predicted molar refractivity (Wildman–Crippen MR) is 77.4 cm³/mol. The first kappa shape index (κ1) is 13.4. The molecule has 0 N–H and O–H groups in total. The van der Waals surface area contributed by atoms with Crippen LogP contribution in [0.15, 0.2) is 0 Å². The molecule has 4 heteroatoms. The summed E-state index contributed by atoms with van der Waals surface area (Å²) in [6, 6.07) is 0.429. The number of halogens is 1. The molecular formula is C15H24ClN3. The Morgan fingerprint density at radius 3 is 2.47 bits per heavy atom. The van der Waals surface area contributed by atoms with Crippen LogP contribution in [0.25, 0.3) is 0 Å². The van der Waals surface area contributed by atoms with Crippen LogP contribution in [0.1, 0.15) is 71.7 Å². The molecule has 2 aliphatic rings. The molecule has 2 bridgehead atoms. The minimum atomic E-state index is 0.280. The molecule has 1 aromatic rings. The van der Waals surface area contributed by atoms with E-state index < -0.39 is 0 Å². The minimum Gasteiger partial charge on any atom is -0.297 e. The number of hydrogen-bond acceptors (Lipinski definition) is 2. The van der Waals surface area contributed by atoms with Gasteiger partial charge in [-0.3, -0.25) is 4.57 Å². The van der Waals surface area contributed by atoms with E-state index in [0.717, 1.165) is 11.7 Å². The second-order valence-electron chi connectivity index (χ2n) is 7.67. The van der Waals surface area contributed by atoms with E-state index in [-0.39, 0.29) is 5.41 Å². The van der Waals surface area contributed by atoms with Gasteiger partial charge in [0.25, 0.3) is 0 Å². The lowest BCUT2D eigenvalue weighted by atomic mass is 9.68. The molecular weight excluding hydrogens is 258 g/mol. The highest BCUT2D eigenvalue weighted by molar-refractivity contribution is 6.28. The lowest BCUT2D eigenvalue weighted by molar-refractivity contribution is 0.0805. The summed E-state index contributed by atoms with van der Waals surface area (Å²) in [5, 5.41) is 9.03. The van der Waals surface area contributed by atoms with Crippen molar-refractivity contribution in [1.29, 1.82) is 0 Å². The lowest BCUT2D eigenvalue weighted by Gasteiger charge is -2.44. The molecule has 19 heavy (non-hydrogen) atoms. The summed E-state index contributed by atoms with van der Waals surface area (Å²) in [5.74, 6) is 2.20. The van der Waals surface area contributed by atoms with Gasteiger partial charge in [-0.15, -0.1) is 10.2 Å². The van der Waals surface area contributed by atoms with Crippen LogP contribution in [0, 0.1) is 16.7 Å². The van der Waals surface area contributed by atoms with Gasteiger partial charge in [0.05, 0.1) is 0 Å². The smallest absolute Gasteiger partial charge is 0.225 e. The molecule has 3 atom stereocenters. The molecule has 0 saturated heterocycles. The Morgan fingerprint density at radius 1 is 1.26 bits per heavy atom. The highest BCUT2D eigenvalue weighted by atomic mass is 35.5. The first-order valence-electron chi connectivity index (χ1n) is 7.37. The monoisotopic (exact) mass is 281 g/mol. The molecule has 0 radical (unpaired) electrons. The third kappa shape index (κ3) is 1.70. The fourth-order valence-corrected chi connectivity index (χ4v) is 5.06. The van der Waals surface area contributed by atoms with Crippen molar-refractivity contribution in [2.24, 2.45) is 16.7 Å². The average Bonchev–Trinajstić information content (AvgIpc) is 2.89. The van der Waals surface area contributed by atoms with Crippen LogP contribution in [0.5, 0.6) is 0 Å². The van der Waals surface area contributed by atoms with E-state index in [9.17, 15) is 0 Å². The minimum absolute atomic E-state index is 0.280. The van der Waals surface area contributed by atoms with E-state index in [1.54, 1.807) is 0 Å². The first-order chi connectivity index (χ1) is 8.77. The van der Waals surface area contributed by atoms with Crippen molar-refractivity contribution in [2.45, 2.75) is 65.8 Å². The third-order valence-electron chi connectivity index (χ3n) is 5.65. The molecule has 106 valence electrons. The van der Waals surface area contributed by atoms with Gasteiger partial charge in [0.15, 0.2) is 0 Å². The van der Waals surface area contributed by atoms with Crippen molar-refractivity contribution in [2.75, 3.05) is 0 Å². The second-order valence-corrected chi connectivity index (χ2v) is 8.01. The van der Waals surface area contributed by atoms with E-state index in [2.05, 4.69) is 49.4 Å². The number of fused-ring (bicyclic) bond motifs is 2. The van der Waals surface area contributed by atoms with Gasteiger partial charge in [0, 0.05) is 12.0 Å². The normalized spacial score (nSPS) is 36.4. The summed E-state index contributed by atoms with van der Waals surface area (Å²) >= 11 is 6.38. The molecule has 2 aliphatic carbocycles. The fourth-order valence-electron chi connectivity index (χ4n) is 4.84. The summed E-state index contributed by atoms with van der Waals surface area (Å²) < 4.78 is 2.24. The zero-order valence-electron chi connectivity index (χ0n) is 12.6. The Balaban J connectivity index is 2.14. The molecule has 0 spiro atoms. The SMILES string of the molecule is CC(C)c1nnc(Cl)n1C1C2(C)CCC(C2)C1(C)C. The Hall–Kier alpha value is -0.570. The largest absolute Gasteiger partial charge is 0.297 e. The standard InChI is InChI=1S/C15H24ClN3/c1-9(2)11-17-18-13(16)19(11)12-14(3,4)10-6-7-15(12,5)8-10/h9-10,12H,6-8H2,1-5H3. The Kier molecular flexibility index (Phi) is 2.80. The van der Waals surface area contributed by atoms with Crippen LogP contribution in [0.4, 0.5) is 0 Å². The number of aromatic nitrogens is 3. The highest BCUT2D eigenvalue weighted by Gasteiger charge is 2.60. The molecule has 0 aliphatic heterocycles. The zero-order chi connectivity index (χ0) is 14.0. The zero-order valence-corrected chi connectivity index (χ0v) is 13.3. The molecule has 1 heterocycles. The summed E-state index contributed by atoms with van der Waals surface area (Å²) in [6.07, 6.45) is 3.98. The molecule has 3 unspecified atom stereocenters. The van der Waals surface area contributed by atoms with Gasteiger partial charge in [-0.2, -0.15) is 0 Å². The van der Waals surface area contributed by atoms with E-state index in [1.807, 2.05) is 0 Å². The quantitative estimate of drug-likeness (QED) is 0.802. The van der Waals surface area contributed by atoms with Crippen molar-refractivity contribution in [3.63, 3.8) is 0 Å². The maximum absolute atomic E-state index is 6.38. The lowest BCUT2D eigenvalue weighted by Crippen LogP contribution is -2.38. The van der Waals surface area contributed by atoms with Gasteiger partial charge in [0.2, 0.25) is 5.28 Å².